The number of rotatable bonds is 3. The summed E-state index contributed by atoms with van der Waals surface area (Å²) in [4.78, 5) is 9.30. The number of hydrogen-bond donors (Lipinski definition) is 0. The summed E-state index contributed by atoms with van der Waals surface area (Å²) in [6.07, 6.45) is 1.80. The molecule has 0 aliphatic heterocycles. The van der Waals surface area contributed by atoms with Crippen LogP contribution in [0.3, 0.4) is 0 Å². The smallest absolute Gasteiger partial charge is 0.503 e. The van der Waals surface area contributed by atoms with Gasteiger partial charge in [0.25, 0.3) is 0 Å². The van der Waals surface area contributed by atoms with Crippen molar-refractivity contribution in [1.82, 2.24) is 24.1 Å². The molecule has 8 aromatic rings. The molecule has 0 aliphatic rings. The van der Waals surface area contributed by atoms with Gasteiger partial charge in [0.2, 0.25) is 0 Å². The molecule has 0 N–H and O–H groups in total. The van der Waals surface area contributed by atoms with Gasteiger partial charge in [-0.15, -0.1) is 29.7 Å². The Balaban J connectivity index is 0.00000253. The molecule has 4 heterocycles. The number of nitrogens with zero attached hydrogens (tertiary/aromatic N) is 5. The van der Waals surface area contributed by atoms with E-state index in [1.54, 1.807) is 6.20 Å². The molecular weight excluding hydrogens is 665 g/mol. The Labute approximate surface area is 237 Å². The molecule has 6 nitrogen and oxygen atoms in total. The molecule has 0 aliphatic carbocycles. The zero-order chi connectivity index (χ0) is 25.2. The second kappa shape index (κ2) is 9.04. The van der Waals surface area contributed by atoms with Crippen LogP contribution in [0.1, 0.15) is 5.82 Å². The van der Waals surface area contributed by atoms with Crippen LogP contribution in [0.15, 0.2) is 97.2 Å². The molecule has 7 heteroatoms. The first-order chi connectivity index (χ1) is 18.7. The Kier molecular flexibility index (Phi) is 5.46. The molecule has 0 fully saturated rings. The fraction of sp³-hybridized carbons (Fsp3) is 0.0312. The average molecular weight is 685 g/mol. The first-order valence-corrected chi connectivity index (χ1v) is 12.4. The van der Waals surface area contributed by atoms with Gasteiger partial charge in [0.1, 0.15) is 11.6 Å². The van der Waals surface area contributed by atoms with E-state index in [-0.39, 0.29) is 21.1 Å². The van der Waals surface area contributed by atoms with Gasteiger partial charge < -0.3 is 9.30 Å². The van der Waals surface area contributed by atoms with E-state index in [9.17, 15) is 0 Å². The minimum atomic E-state index is 0. The van der Waals surface area contributed by atoms with Gasteiger partial charge in [0.05, 0.1) is 11.2 Å². The molecule has 8 rings (SSSR count). The van der Waals surface area contributed by atoms with Gasteiger partial charge in [-0.05, 0) is 42.0 Å². The molecule has 188 valence electrons. The van der Waals surface area contributed by atoms with E-state index in [0.29, 0.717) is 17.3 Å². The van der Waals surface area contributed by atoms with Crippen LogP contribution in [0.2, 0.25) is 0 Å². The van der Waals surface area contributed by atoms with Gasteiger partial charge >= 0.3 is 21.1 Å². The van der Waals surface area contributed by atoms with Crippen molar-refractivity contribution in [2.75, 3.05) is 0 Å². The molecular formula is C32H19N5OPt. The molecule has 4 aromatic heterocycles. The summed E-state index contributed by atoms with van der Waals surface area (Å²) in [5.41, 5.74) is 3.75. The van der Waals surface area contributed by atoms with Crippen molar-refractivity contribution in [3.8, 4) is 17.3 Å². The molecule has 0 amide bonds. The van der Waals surface area contributed by atoms with Gasteiger partial charge in [-0.25, -0.2) is 4.98 Å². The maximum atomic E-state index is 6.35. The summed E-state index contributed by atoms with van der Waals surface area (Å²) < 4.78 is 10.4. The zero-order valence-corrected chi connectivity index (χ0v) is 23.0. The fourth-order valence-electron chi connectivity index (χ4n) is 5.34. The molecule has 0 spiro atoms. The van der Waals surface area contributed by atoms with Crippen LogP contribution in [0.25, 0.3) is 54.9 Å². The van der Waals surface area contributed by atoms with Crippen LogP contribution < -0.4 is 4.74 Å². The van der Waals surface area contributed by atoms with E-state index in [1.165, 1.54) is 0 Å². The second-order valence-corrected chi connectivity index (χ2v) is 9.25. The van der Waals surface area contributed by atoms with E-state index < -0.39 is 0 Å². The normalized spacial score (nSPS) is 11.5. The largest absolute Gasteiger partial charge is 2.00 e. The van der Waals surface area contributed by atoms with Crippen LogP contribution in [0, 0.1) is 19.1 Å². The molecule has 4 aromatic carbocycles. The number of aromatic nitrogens is 5. The summed E-state index contributed by atoms with van der Waals surface area (Å²) in [5, 5.41) is 9.88. The third-order valence-electron chi connectivity index (χ3n) is 6.93. The maximum absolute atomic E-state index is 6.35. The second-order valence-electron chi connectivity index (χ2n) is 9.25. The number of pyridine rings is 2. The Morgan fingerprint density at radius 3 is 2.18 bits per heavy atom. The number of ether oxygens (including phenoxy) is 1. The summed E-state index contributed by atoms with van der Waals surface area (Å²) in [6.45, 7) is 1.90. The molecule has 39 heavy (non-hydrogen) atoms. The average Bonchev–Trinajstić information content (AvgIpc) is 3.51. The van der Waals surface area contributed by atoms with E-state index in [4.69, 9.17) is 9.72 Å². The fourth-order valence-corrected chi connectivity index (χ4v) is 5.34. The zero-order valence-electron chi connectivity index (χ0n) is 20.7. The molecule has 0 atom stereocenters. The van der Waals surface area contributed by atoms with Crippen LogP contribution >= 0.6 is 0 Å². The topological polar surface area (TPSA) is 57.2 Å². The summed E-state index contributed by atoms with van der Waals surface area (Å²) in [7, 11) is 0. The predicted molar refractivity (Wildman–Crippen MR) is 149 cm³/mol. The molecule has 0 saturated heterocycles. The Morgan fingerprint density at radius 1 is 0.692 bits per heavy atom. The first kappa shape index (κ1) is 23.6. The summed E-state index contributed by atoms with van der Waals surface area (Å²) >= 11 is 0. The SMILES string of the molecule is Cc1nc2c3[c-]c(Oc4[c-]c5c(cc4)c4ccccc4n5-c4ccccn4)ccc3c3ccccc3n2n1.[Pt+2]. The van der Waals surface area contributed by atoms with Crippen molar-refractivity contribution in [3.63, 3.8) is 0 Å². The van der Waals surface area contributed by atoms with E-state index in [1.807, 2.05) is 60.0 Å². The minimum Gasteiger partial charge on any atom is -0.503 e. The number of hydrogen-bond acceptors (Lipinski definition) is 4. The van der Waals surface area contributed by atoms with Crippen molar-refractivity contribution >= 4 is 49.1 Å². The number of para-hydroxylation sites is 2. The number of benzene rings is 4. The quantitative estimate of drug-likeness (QED) is 0.146. The van der Waals surface area contributed by atoms with Gasteiger partial charge in [-0.3, -0.25) is 9.50 Å². The summed E-state index contributed by atoms with van der Waals surface area (Å²) in [6, 6.07) is 37.4. The van der Waals surface area contributed by atoms with Gasteiger partial charge in [0, 0.05) is 23.2 Å². The van der Waals surface area contributed by atoms with Crippen molar-refractivity contribution in [1.29, 1.82) is 0 Å². The van der Waals surface area contributed by atoms with Crippen molar-refractivity contribution in [2.45, 2.75) is 6.92 Å². The van der Waals surface area contributed by atoms with Crippen molar-refractivity contribution < 1.29 is 25.8 Å². The Morgan fingerprint density at radius 2 is 1.38 bits per heavy atom. The summed E-state index contributed by atoms with van der Waals surface area (Å²) in [5.74, 6) is 2.73. The molecule has 0 saturated carbocycles. The van der Waals surface area contributed by atoms with E-state index >= 15 is 0 Å². The third-order valence-corrected chi connectivity index (χ3v) is 6.93. The van der Waals surface area contributed by atoms with Crippen LogP contribution in [-0.4, -0.2) is 24.1 Å². The standard InChI is InChI=1S/C32H19N5O.Pt/c1-20-34-32-27-18-21(13-15-23(27)24-8-3-5-11-29(24)37(32)35-20)38-22-14-16-26-25-9-2-4-10-28(25)36(30(26)19-22)31-12-6-7-17-33-31;/h2-17H,1H3;/q-2;+2. The molecule has 0 radical (unpaired) electrons. The molecule has 0 unspecified atom stereocenters. The van der Waals surface area contributed by atoms with Crippen LogP contribution in [0.4, 0.5) is 0 Å². The minimum absolute atomic E-state index is 0. The third kappa shape index (κ3) is 3.63. The maximum Gasteiger partial charge on any atom is 2.00 e. The Hall–Kier alpha value is -4.54. The van der Waals surface area contributed by atoms with Gasteiger partial charge in [-0.2, -0.15) is 11.2 Å². The number of aryl methyl sites for hydroxylation is 1. The van der Waals surface area contributed by atoms with Gasteiger partial charge in [-0.1, -0.05) is 64.8 Å². The number of fused-ring (bicyclic) bond motifs is 9. The van der Waals surface area contributed by atoms with E-state index in [0.717, 1.165) is 54.9 Å². The van der Waals surface area contributed by atoms with Crippen molar-refractivity contribution in [3.05, 3.63) is 115 Å². The van der Waals surface area contributed by atoms with E-state index in [2.05, 4.69) is 69.2 Å². The molecule has 0 bridgehead atoms. The van der Waals surface area contributed by atoms with Gasteiger partial charge in [0.15, 0.2) is 0 Å². The Bertz CT molecular complexity index is 2180. The van der Waals surface area contributed by atoms with Crippen LogP contribution in [-0.2, 0) is 21.1 Å². The van der Waals surface area contributed by atoms with Crippen molar-refractivity contribution in [2.24, 2.45) is 0 Å². The predicted octanol–water partition coefficient (Wildman–Crippen LogP) is 7.23. The van der Waals surface area contributed by atoms with Crippen LogP contribution in [0.5, 0.6) is 11.5 Å². The first-order valence-electron chi connectivity index (χ1n) is 12.4. The monoisotopic (exact) mass is 684 g/mol.